The number of aromatic nitrogens is 3. The molecule has 0 saturated carbocycles. The molecule has 108 valence electrons. The number of aromatic amines is 1. The van der Waals surface area contributed by atoms with E-state index in [1.54, 1.807) is 13.4 Å². The van der Waals surface area contributed by atoms with E-state index in [9.17, 15) is 0 Å². The molecule has 0 fully saturated rings. The largest absolute Gasteiger partial charge is 0.497 e. The molecule has 2 aromatic heterocycles. The van der Waals surface area contributed by atoms with Crippen molar-refractivity contribution in [3.63, 3.8) is 0 Å². The van der Waals surface area contributed by atoms with E-state index in [0.29, 0.717) is 16.9 Å². The monoisotopic (exact) mass is 302 g/mol. The molecule has 0 aliphatic rings. The molecule has 0 atom stereocenters. The number of benzene rings is 1. The summed E-state index contributed by atoms with van der Waals surface area (Å²) in [6.07, 6.45) is 1.66. The molecule has 3 aromatic rings. The number of anilines is 2. The van der Waals surface area contributed by atoms with Crippen molar-refractivity contribution < 1.29 is 9.15 Å². The Morgan fingerprint density at radius 3 is 3.10 bits per heavy atom. The van der Waals surface area contributed by atoms with Crippen LogP contribution in [0.15, 0.2) is 52.2 Å². The zero-order valence-corrected chi connectivity index (χ0v) is 12.2. The standard InChI is InChI=1S/C14H14N4O2S/c1-19-11-5-2-4-10(8-11)15-13-16-14(18-17-13)21-9-12-6-3-7-20-12/h2-8H,9H2,1H3,(H2,15,16,17,18). The predicted octanol–water partition coefficient (Wildman–Crippen LogP) is 3.44. The number of ether oxygens (including phenoxy) is 1. The van der Waals surface area contributed by atoms with Gasteiger partial charge in [0.25, 0.3) is 0 Å². The van der Waals surface area contributed by atoms with Crippen molar-refractivity contribution in [2.24, 2.45) is 0 Å². The molecule has 2 heterocycles. The third-order valence-corrected chi connectivity index (χ3v) is 3.59. The van der Waals surface area contributed by atoms with Crippen molar-refractivity contribution in [2.45, 2.75) is 10.9 Å². The van der Waals surface area contributed by atoms with Crippen molar-refractivity contribution in [2.75, 3.05) is 12.4 Å². The van der Waals surface area contributed by atoms with E-state index in [1.165, 1.54) is 11.8 Å². The first kappa shape index (κ1) is 13.6. The van der Waals surface area contributed by atoms with Crippen LogP contribution in [0, 0.1) is 0 Å². The summed E-state index contributed by atoms with van der Waals surface area (Å²) in [6, 6.07) is 11.4. The Morgan fingerprint density at radius 2 is 2.29 bits per heavy atom. The summed E-state index contributed by atoms with van der Waals surface area (Å²) in [5, 5.41) is 10.8. The number of thioether (sulfide) groups is 1. The first-order valence-corrected chi connectivity index (χ1v) is 7.31. The Kier molecular flexibility index (Phi) is 4.11. The summed E-state index contributed by atoms with van der Waals surface area (Å²) in [5.41, 5.74) is 0.882. The lowest BCUT2D eigenvalue weighted by atomic mass is 10.3. The van der Waals surface area contributed by atoms with E-state index in [2.05, 4.69) is 20.5 Å². The molecule has 0 radical (unpaired) electrons. The molecular formula is C14H14N4O2S. The first-order chi connectivity index (χ1) is 10.3. The van der Waals surface area contributed by atoms with Crippen LogP contribution in [0.1, 0.15) is 5.76 Å². The van der Waals surface area contributed by atoms with E-state index >= 15 is 0 Å². The lowest BCUT2D eigenvalue weighted by Crippen LogP contribution is -1.93. The molecule has 0 aliphatic carbocycles. The molecule has 6 nitrogen and oxygen atoms in total. The van der Waals surface area contributed by atoms with Gasteiger partial charge in [0.1, 0.15) is 11.5 Å². The van der Waals surface area contributed by atoms with Crippen LogP contribution in [-0.2, 0) is 5.75 Å². The van der Waals surface area contributed by atoms with Crippen LogP contribution in [0.2, 0.25) is 0 Å². The molecule has 1 aromatic carbocycles. The summed E-state index contributed by atoms with van der Waals surface area (Å²) in [4.78, 5) is 4.36. The minimum Gasteiger partial charge on any atom is -0.497 e. The van der Waals surface area contributed by atoms with Crippen molar-refractivity contribution in [3.05, 3.63) is 48.4 Å². The Hall–Kier alpha value is -2.41. The van der Waals surface area contributed by atoms with Gasteiger partial charge in [0.15, 0.2) is 0 Å². The third-order valence-electron chi connectivity index (χ3n) is 2.72. The number of rotatable bonds is 6. The summed E-state index contributed by atoms with van der Waals surface area (Å²) < 4.78 is 10.4. The fourth-order valence-corrected chi connectivity index (χ4v) is 2.44. The number of hydrogen-bond donors (Lipinski definition) is 2. The molecule has 7 heteroatoms. The maximum absolute atomic E-state index is 5.27. The van der Waals surface area contributed by atoms with E-state index in [4.69, 9.17) is 9.15 Å². The van der Waals surface area contributed by atoms with Gasteiger partial charge in [-0.3, -0.25) is 0 Å². The molecule has 2 N–H and O–H groups in total. The minimum atomic E-state index is 0.588. The molecule has 0 unspecified atom stereocenters. The summed E-state index contributed by atoms with van der Waals surface area (Å²) in [7, 11) is 1.64. The fraction of sp³-hybridized carbons (Fsp3) is 0.143. The Labute approximate surface area is 125 Å². The molecule has 0 spiro atoms. The average molecular weight is 302 g/mol. The highest BCUT2D eigenvalue weighted by molar-refractivity contribution is 7.98. The van der Waals surface area contributed by atoms with Gasteiger partial charge >= 0.3 is 0 Å². The Bertz CT molecular complexity index is 697. The van der Waals surface area contributed by atoms with Gasteiger partial charge in [-0.1, -0.05) is 17.8 Å². The lowest BCUT2D eigenvalue weighted by molar-refractivity contribution is 0.415. The number of furan rings is 1. The summed E-state index contributed by atoms with van der Waals surface area (Å²) in [5.74, 6) is 2.97. The molecule has 0 amide bonds. The van der Waals surface area contributed by atoms with E-state index in [-0.39, 0.29) is 0 Å². The first-order valence-electron chi connectivity index (χ1n) is 6.32. The van der Waals surface area contributed by atoms with Crippen molar-refractivity contribution >= 4 is 23.4 Å². The molecular weight excluding hydrogens is 288 g/mol. The molecule has 0 aliphatic heterocycles. The van der Waals surface area contributed by atoms with Crippen LogP contribution in [0.25, 0.3) is 0 Å². The Balaban J connectivity index is 1.61. The van der Waals surface area contributed by atoms with Crippen LogP contribution < -0.4 is 10.1 Å². The highest BCUT2D eigenvalue weighted by atomic mass is 32.2. The van der Waals surface area contributed by atoms with Crippen molar-refractivity contribution in [1.29, 1.82) is 0 Å². The van der Waals surface area contributed by atoms with Gasteiger partial charge in [-0.25, -0.2) is 5.10 Å². The molecule has 21 heavy (non-hydrogen) atoms. The van der Waals surface area contributed by atoms with Gasteiger partial charge in [0.2, 0.25) is 11.1 Å². The molecule has 0 bridgehead atoms. The van der Waals surface area contributed by atoms with Gasteiger partial charge in [-0.05, 0) is 24.3 Å². The van der Waals surface area contributed by atoms with Gasteiger partial charge in [-0.15, -0.1) is 5.10 Å². The van der Waals surface area contributed by atoms with Crippen molar-refractivity contribution in [3.8, 4) is 5.75 Å². The van der Waals surface area contributed by atoms with Gasteiger partial charge in [-0.2, -0.15) is 4.98 Å². The van der Waals surface area contributed by atoms with Gasteiger partial charge < -0.3 is 14.5 Å². The quantitative estimate of drug-likeness (QED) is 0.679. The minimum absolute atomic E-state index is 0.588. The number of nitrogens with zero attached hydrogens (tertiary/aromatic N) is 2. The van der Waals surface area contributed by atoms with Crippen molar-refractivity contribution in [1.82, 2.24) is 15.2 Å². The fourth-order valence-electron chi connectivity index (χ4n) is 1.73. The third kappa shape index (κ3) is 3.57. The maximum atomic E-state index is 5.27. The maximum Gasteiger partial charge on any atom is 0.223 e. The second-order valence-corrected chi connectivity index (χ2v) is 5.13. The molecule has 3 rings (SSSR count). The molecule has 0 saturated heterocycles. The predicted molar refractivity (Wildman–Crippen MR) is 80.9 cm³/mol. The zero-order chi connectivity index (χ0) is 14.5. The normalized spacial score (nSPS) is 10.5. The van der Waals surface area contributed by atoms with Crippen LogP contribution in [0.4, 0.5) is 11.6 Å². The highest BCUT2D eigenvalue weighted by Crippen LogP contribution is 2.22. The van der Waals surface area contributed by atoms with E-state index in [0.717, 1.165) is 17.2 Å². The lowest BCUT2D eigenvalue weighted by Gasteiger charge is -2.04. The number of hydrogen-bond acceptors (Lipinski definition) is 6. The average Bonchev–Trinajstić information content (AvgIpc) is 3.17. The van der Waals surface area contributed by atoms with Crippen LogP contribution >= 0.6 is 11.8 Å². The highest BCUT2D eigenvalue weighted by Gasteiger charge is 2.06. The number of methoxy groups -OCH3 is 1. The van der Waals surface area contributed by atoms with Gasteiger partial charge in [0.05, 0.1) is 19.1 Å². The van der Waals surface area contributed by atoms with E-state index < -0.39 is 0 Å². The number of nitrogens with one attached hydrogen (secondary N) is 2. The number of H-pyrrole nitrogens is 1. The second kappa shape index (κ2) is 6.36. The van der Waals surface area contributed by atoms with Crippen LogP contribution in [0.3, 0.4) is 0 Å². The van der Waals surface area contributed by atoms with Gasteiger partial charge in [0, 0.05) is 11.8 Å². The second-order valence-electron chi connectivity index (χ2n) is 4.19. The summed E-state index contributed by atoms with van der Waals surface area (Å²) >= 11 is 1.51. The SMILES string of the molecule is COc1cccc(Nc2nc(SCc3ccco3)n[nH]2)c1. The Morgan fingerprint density at radius 1 is 1.33 bits per heavy atom. The smallest absolute Gasteiger partial charge is 0.223 e. The summed E-state index contributed by atoms with van der Waals surface area (Å²) in [6.45, 7) is 0. The van der Waals surface area contributed by atoms with E-state index in [1.807, 2.05) is 36.4 Å². The topological polar surface area (TPSA) is 76.0 Å². The zero-order valence-electron chi connectivity index (χ0n) is 11.4. The van der Waals surface area contributed by atoms with Crippen LogP contribution in [-0.4, -0.2) is 22.3 Å². The van der Waals surface area contributed by atoms with Crippen LogP contribution in [0.5, 0.6) is 5.75 Å².